The first-order valence-electron chi connectivity index (χ1n) is 24.2. The Kier molecular flexibility index (Phi) is 9.49. The molecule has 0 aliphatic heterocycles. The number of benzene rings is 11. The van der Waals surface area contributed by atoms with Gasteiger partial charge in [0.15, 0.2) is 0 Å². The van der Waals surface area contributed by atoms with E-state index in [1.165, 1.54) is 94.2 Å². The number of hydrogen-bond donors (Lipinski definition) is 0. The quantitative estimate of drug-likeness (QED) is 0.147. The van der Waals surface area contributed by atoms with E-state index in [4.69, 9.17) is 0 Å². The van der Waals surface area contributed by atoms with E-state index in [1.807, 2.05) is 0 Å². The molecule has 0 amide bonds. The smallest absolute Gasteiger partial charge is 0.0540 e. The zero-order valence-corrected chi connectivity index (χ0v) is 38.8. The van der Waals surface area contributed by atoms with Gasteiger partial charge in [-0.1, -0.05) is 231 Å². The Labute approximate surface area is 405 Å². The Balaban J connectivity index is 1.07. The first-order valence-corrected chi connectivity index (χ1v) is 24.2. The lowest BCUT2D eigenvalue weighted by Gasteiger charge is -2.33. The molecule has 0 bridgehead atoms. The Bertz CT molecular complexity index is 3750. The molecule has 11 aromatic rings. The molecule has 0 fully saturated rings. The average molecular weight is 880 g/mol. The van der Waals surface area contributed by atoms with Gasteiger partial charge in [0.05, 0.1) is 11.4 Å². The van der Waals surface area contributed by atoms with Gasteiger partial charge in [-0.3, -0.25) is 0 Å². The lowest BCUT2D eigenvalue weighted by molar-refractivity contribution is 0.714. The van der Waals surface area contributed by atoms with E-state index in [1.54, 1.807) is 0 Å². The Morgan fingerprint density at radius 2 is 0.710 bits per heavy atom. The lowest BCUT2D eigenvalue weighted by atomic mass is 9.74. The fraction of sp³-hybridized carbons (Fsp3) is 0.0588. The topological polar surface area (TPSA) is 3.24 Å². The summed E-state index contributed by atoms with van der Waals surface area (Å²) in [7, 11) is 0. The Morgan fingerprint density at radius 3 is 1.32 bits per heavy atom. The van der Waals surface area contributed by atoms with E-state index < -0.39 is 0 Å². The highest BCUT2D eigenvalue weighted by Gasteiger charge is 2.42. The molecule has 2 unspecified atom stereocenters. The van der Waals surface area contributed by atoms with Crippen molar-refractivity contribution in [2.75, 3.05) is 4.90 Å². The van der Waals surface area contributed by atoms with Crippen molar-refractivity contribution in [1.29, 1.82) is 0 Å². The summed E-state index contributed by atoms with van der Waals surface area (Å²) in [6.45, 7) is 4.82. The summed E-state index contributed by atoms with van der Waals surface area (Å²) >= 11 is 0. The van der Waals surface area contributed by atoms with Crippen molar-refractivity contribution in [3.63, 3.8) is 0 Å². The van der Waals surface area contributed by atoms with Crippen molar-refractivity contribution < 1.29 is 0 Å². The highest BCUT2D eigenvalue weighted by Crippen LogP contribution is 2.57. The predicted octanol–water partition coefficient (Wildman–Crippen LogP) is 18.0. The van der Waals surface area contributed by atoms with Gasteiger partial charge in [-0.2, -0.15) is 0 Å². The number of para-hydroxylation sites is 2. The minimum atomic E-state index is -0.370. The van der Waals surface area contributed by atoms with Crippen LogP contribution >= 0.6 is 0 Å². The molecule has 2 atom stereocenters. The van der Waals surface area contributed by atoms with Crippen molar-refractivity contribution in [1.82, 2.24) is 0 Å². The fourth-order valence-electron chi connectivity index (χ4n) is 12.1. The lowest BCUT2D eigenvalue weighted by Crippen LogP contribution is -2.23. The van der Waals surface area contributed by atoms with Gasteiger partial charge < -0.3 is 4.90 Å². The second kappa shape index (κ2) is 16.1. The summed E-state index contributed by atoms with van der Waals surface area (Å²) in [4.78, 5) is 2.54. The van der Waals surface area contributed by atoms with Gasteiger partial charge in [0.1, 0.15) is 0 Å². The van der Waals surface area contributed by atoms with E-state index >= 15 is 0 Å². The first-order chi connectivity index (χ1) is 34.0. The van der Waals surface area contributed by atoms with Crippen LogP contribution in [0.1, 0.15) is 47.2 Å². The third-order valence-corrected chi connectivity index (χ3v) is 15.5. The zero-order chi connectivity index (χ0) is 46.1. The number of rotatable bonds is 8. The highest BCUT2D eigenvalue weighted by molar-refractivity contribution is 6.09. The third kappa shape index (κ3) is 6.24. The second-order valence-electron chi connectivity index (χ2n) is 19.0. The molecule has 0 heterocycles. The van der Waals surface area contributed by atoms with Crippen LogP contribution in [0, 0.1) is 0 Å². The molecular formula is C68H49N. The molecular weight excluding hydrogens is 831 g/mol. The molecule has 13 rings (SSSR count). The van der Waals surface area contributed by atoms with Crippen molar-refractivity contribution in [3.8, 4) is 55.6 Å². The van der Waals surface area contributed by atoms with Crippen LogP contribution in [-0.4, -0.2) is 0 Å². The Hall–Kier alpha value is -8.52. The van der Waals surface area contributed by atoms with Gasteiger partial charge in [-0.25, -0.2) is 0 Å². The summed E-state index contributed by atoms with van der Waals surface area (Å²) in [5.41, 5.74) is 22.8. The maximum atomic E-state index is 2.54. The molecule has 0 aromatic heterocycles. The largest absolute Gasteiger partial charge is 0.309 e. The summed E-state index contributed by atoms with van der Waals surface area (Å²) in [6.07, 6.45) is 0. The van der Waals surface area contributed by atoms with Gasteiger partial charge in [0.2, 0.25) is 0 Å². The second-order valence-corrected chi connectivity index (χ2v) is 19.0. The monoisotopic (exact) mass is 879 g/mol. The van der Waals surface area contributed by atoms with Gasteiger partial charge >= 0.3 is 0 Å². The van der Waals surface area contributed by atoms with Crippen LogP contribution in [0.15, 0.2) is 261 Å². The highest BCUT2D eigenvalue weighted by atomic mass is 15.1. The van der Waals surface area contributed by atoms with Crippen molar-refractivity contribution in [2.45, 2.75) is 24.7 Å². The average Bonchev–Trinajstić information content (AvgIpc) is 3.84. The van der Waals surface area contributed by atoms with Crippen molar-refractivity contribution in [2.24, 2.45) is 0 Å². The zero-order valence-electron chi connectivity index (χ0n) is 38.8. The molecule has 0 N–H and O–H groups in total. The van der Waals surface area contributed by atoms with Crippen LogP contribution in [0.4, 0.5) is 17.1 Å². The number of fused-ring (bicyclic) bond motifs is 7. The van der Waals surface area contributed by atoms with Gasteiger partial charge in [-0.05, 0) is 133 Å². The molecule has 0 saturated carbocycles. The maximum absolute atomic E-state index is 2.54. The van der Waals surface area contributed by atoms with Crippen LogP contribution in [0.5, 0.6) is 0 Å². The summed E-state index contributed by atoms with van der Waals surface area (Å²) < 4.78 is 0. The summed E-state index contributed by atoms with van der Waals surface area (Å²) in [5, 5.41) is 2.46. The van der Waals surface area contributed by atoms with E-state index in [0.29, 0.717) is 0 Å². The van der Waals surface area contributed by atoms with Gasteiger partial charge in [-0.15, -0.1) is 0 Å². The fourth-order valence-corrected chi connectivity index (χ4v) is 12.1. The normalized spacial score (nSPS) is 16.4. The molecule has 2 aliphatic rings. The van der Waals surface area contributed by atoms with Crippen LogP contribution in [0.25, 0.3) is 66.4 Å². The summed E-state index contributed by atoms with van der Waals surface area (Å²) in [6, 6.07) is 96.9. The van der Waals surface area contributed by atoms with Crippen LogP contribution in [0.3, 0.4) is 0 Å². The van der Waals surface area contributed by atoms with Gasteiger partial charge in [0, 0.05) is 27.6 Å². The van der Waals surface area contributed by atoms with Crippen LogP contribution in [0.2, 0.25) is 0 Å². The number of anilines is 3. The predicted molar refractivity (Wildman–Crippen MR) is 290 cm³/mol. The van der Waals surface area contributed by atoms with Crippen molar-refractivity contribution in [3.05, 3.63) is 294 Å². The molecule has 1 heteroatoms. The van der Waals surface area contributed by atoms with E-state index in [2.05, 4.69) is 280 Å². The SMILES string of the molecule is CC1(c2ccccc2)c2ccccc2-c2ccc(-c3ccccc3N(c3ccc4c(c3)C(C)(c3ccccc3)c3ccccc3-4)c3ccccc3-c3cccc4cccc(-c5ccccc5)c34)cc21. The maximum Gasteiger partial charge on any atom is 0.0540 e. The molecule has 0 spiro atoms. The number of hydrogen-bond acceptors (Lipinski definition) is 1. The van der Waals surface area contributed by atoms with E-state index in [0.717, 1.165) is 22.6 Å². The molecule has 1 nitrogen and oxygen atoms in total. The number of nitrogens with zero attached hydrogens (tertiary/aromatic N) is 1. The molecule has 326 valence electrons. The Morgan fingerprint density at radius 1 is 0.275 bits per heavy atom. The first kappa shape index (κ1) is 40.7. The summed E-state index contributed by atoms with van der Waals surface area (Å²) in [5.74, 6) is 0. The standard InChI is InChI=1S/C68H49N/c1-67(49-26-8-4-9-27-49)60-36-16-12-31-54(60)56-42-40-48(44-62(56)67)52-30-14-18-38-64(52)69(51-41-43-57-55-32-13-17-37-61(55)68(2,63(57)45-51)50-28-10-5-11-29-50)65-39-19-15-33-58(65)59-35-21-25-47-24-20-34-53(66(47)59)46-22-6-3-7-23-46/h3-45H,1-2H3. The molecule has 2 aliphatic carbocycles. The van der Waals surface area contributed by atoms with Crippen LogP contribution in [-0.2, 0) is 10.8 Å². The molecule has 69 heavy (non-hydrogen) atoms. The molecule has 11 aromatic carbocycles. The minimum Gasteiger partial charge on any atom is -0.309 e. The third-order valence-electron chi connectivity index (χ3n) is 15.5. The minimum absolute atomic E-state index is 0.327. The molecule has 0 radical (unpaired) electrons. The van der Waals surface area contributed by atoms with E-state index in [-0.39, 0.29) is 10.8 Å². The van der Waals surface area contributed by atoms with Crippen LogP contribution < -0.4 is 4.90 Å². The molecule has 0 saturated heterocycles. The van der Waals surface area contributed by atoms with Crippen molar-refractivity contribution >= 4 is 27.8 Å². The van der Waals surface area contributed by atoms with Gasteiger partial charge in [0.25, 0.3) is 0 Å². The van der Waals surface area contributed by atoms with E-state index in [9.17, 15) is 0 Å².